The van der Waals surface area contributed by atoms with Crippen molar-refractivity contribution in [2.45, 2.75) is 57.5 Å². The van der Waals surface area contributed by atoms with Crippen molar-refractivity contribution in [3.63, 3.8) is 0 Å². The molecule has 9 nitrogen and oxygen atoms in total. The Morgan fingerprint density at radius 2 is 1.82 bits per heavy atom. The Bertz CT molecular complexity index is 1270. The lowest BCUT2D eigenvalue weighted by Gasteiger charge is -2.22. The number of hydrogen-bond donors (Lipinski definition) is 2. The van der Waals surface area contributed by atoms with Gasteiger partial charge in [-0.15, -0.1) is 10.2 Å². The van der Waals surface area contributed by atoms with Gasteiger partial charge in [0.05, 0.1) is 17.9 Å². The van der Waals surface area contributed by atoms with Crippen LogP contribution in [0.25, 0.3) is 11.3 Å². The Morgan fingerprint density at radius 1 is 1.03 bits per heavy atom. The van der Waals surface area contributed by atoms with E-state index in [9.17, 15) is 18.0 Å². The highest BCUT2D eigenvalue weighted by Crippen LogP contribution is 2.39. The molecule has 2 fully saturated rings. The number of rotatable bonds is 8. The lowest BCUT2D eigenvalue weighted by atomic mass is 9.87. The van der Waals surface area contributed by atoms with Crippen molar-refractivity contribution >= 4 is 11.7 Å². The van der Waals surface area contributed by atoms with Crippen molar-refractivity contribution in [1.29, 1.82) is 0 Å². The van der Waals surface area contributed by atoms with Gasteiger partial charge < -0.3 is 19.8 Å². The molecule has 2 aromatic heterocycles. The van der Waals surface area contributed by atoms with Gasteiger partial charge in [0.2, 0.25) is 5.82 Å². The summed E-state index contributed by atoms with van der Waals surface area (Å²) < 4.78 is 52.7. The molecule has 1 saturated carbocycles. The Balaban J connectivity index is 1.30. The monoisotopic (exact) mass is 544 g/mol. The Hall–Kier alpha value is -3.54. The summed E-state index contributed by atoms with van der Waals surface area (Å²) in [5.74, 6) is 1.21. The third kappa shape index (κ3) is 7.11. The Labute approximate surface area is 223 Å². The van der Waals surface area contributed by atoms with Crippen molar-refractivity contribution in [1.82, 2.24) is 25.1 Å². The number of nitrogens with one attached hydrogen (secondary N) is 2. The fourth-order valence-corrected chi connectivity index (χ4v) is 5.10. The number of aromatic nitrogens is 5. The second-order valence-corrected chi connectivity index (χ2v) is 10.1. The first-order valence-electron chi connectivity index (χ1n) is 13.3. The number of H-pyrrole nitrogens is 1. The van der Waals surface area contributed by atoms with Crippen LogP contribution in [-0.2, 0) is 17.3 Å². The number of aromatic amines is 1. The molecule has 0 unspecified atom stereocenters. The van der Waals surface area contributed by atoms with Crippen molar-refractivity contribution in [3.05, 3.63) is 47.8 Å². The van der Waals surface area contributed by atoms with Crippen LogP contribution in [-0.4, -0.2) is 50.9 Å². The topological polar surface area (TPSA) is 115 Å². The minimum atomic E-state index is -4.61. The third-order valence-electron chi connectivity index (χ3n) is 7.26. The third-order valence-corrected chi connectivity index (χ3v) is 7.26. The van der Waals surface area contributed by atoms with E-state index < -0.39 is 17.6 Å². The molecular formula is C27H31F3N6O3. The summed E-state index contributed by atoms with van der Waals surface area (Å²) in [5, 5.41) is 10.6. The zero-order valence-electron chi connectivity index (χ0n) is 21.5. The zero-order chi connectivity index (χ0) is 27.2. The van der Waals surface area contributed by atoms with Crippen LogP contribution in [0.5, 0.6) is 5.75 Å². The first-order valence-corrected chi connectivity index (χ1v) is 13.3. The van der Waals surface area contributed by atoms with Gasteiger partial charge in [-0.1, -0.05) is 32.1 Å². The van der Waals surface area contributed by atoms with Crippen LogP contribution in [0.2, 0.25) is 0 Å². The van der Waals surface area contributed by atoms with E-state index in [1.165, 1.54) is 37.5 Å². The van der Waals surface area contributed by atoms with Crippen molar-refractivity contribution in [3.8, 4) is 17.0 Å². The van der Waals surface area contributed by atoms with Gasteiger partial charge >= 0.3 is 6.18 Å². The molecule has 5 rings (SSSR count). The number of anilines is 1. The predicted molar refractivity (Wildman–Crippen MR) is 136 cm³/mol. The normalized spacial score (nSPS) is 17.2. The quantitative estimate of drug-likeness (QED) is 0.387. The first-order chi connectivity index (χ1) is 18.8. The van der Waals surface area contributed by atoms with Gasteiger partial charge in [-0.05, 0) is 42.9 Å². The number of ether oxygens (including phenoxy) is 2. The smallest absolute Gasteiger partial charge is 0.417 e. The zero-order valence-corrected chi connectivity index (χ0v) is 21.5. The molecule has 0 atom stereocenters. The van der Waals surface area contributed by atoms with Gasteiger partial charge in [0.15, 0.2) is 0 Å². The van der Waals surface area contributed by atoms with Crippen LogP contribution in [0, 0.1) is 11.8 Å². The van der Waals surface area contributed by atoms with E-state index in [2.05, 4.69) is 30.5 Å². The fraction of sp³-hybridized carbons (Fsp3) is 0.519. The number of halogens is 3. The van der Waals surface area contributed by atoms with E-state index in [0.717, 1.165) is 44.5 Å². The molecule has 1 aromatic carbocycles. The number of benzene rings is 1. The highest BCUT2D eigenvalue weighted by molar-refractivity contribution is 6.01. The number of amides is 1. The highest BCUT2D eigenvalue weighted by Gasteiger charge is 2.34. The summed E-state index contributed by atoms with van der Waals surface area (Å²) in [6.07, 6.45) is 4.82. The van der Waals surface area contributed by atoms with E-state index in [-0.39, 0.29) is 28.8 Å². The standard InChI is InChI=1S/C27H31F3N6O3/c28-27(29,30)21-7-6-19(39-15-18-8-10-38-11-9-18)13-20(21)22-14-23(32-16-31-22)34-26(37)25-33-24(35-36-25)12-17-4-2-1-3-5-17/h6-7,13-14,16-18H,1-5,8-12,15H2,(H,33,35,36)(H,31,32,34,37). The van der Waals surface area contributed by atoms with Crippen molar-refractivity contribution < 1.29 is 27.4 Å². The maximum absolute atomic E-state index is 13.9. The minimum Gasteiger partial charge on any atom is -0.493 e. The average molecular weight is 545 g/mol. The largest absolute Gasteiger partial charge is 0.493 e. The summed E-state index contributed by atoms with van der Waals surface area (Å²) in [6, 6.07) is 4.91. The summed E-state index contributed by atoms with van der Waals surface area (Å²) in [7, 11) is 0. The molecule has 39 heavy (non-hydrogen) atoms. The molecule has 0 spiro atoms. The van der Waals surface area contributed by atoms with Crippen LogP contribution >= 0.6 is 0 Å². The van der Waals surface area contributed by atoms with Crippen molar-refractivity contribution in [2.75, 3.05) is 25.1 Å². The SMILES string of the molecule is O=C(Nc1cc(-c2cc(OCC3CCOCC3)ccc2C(F)(F)F)ncn1)c1nnc(CC2CCCCC2)[nH]1. The highest BCUT2D eigenvalue weighted by atomic mass is 19.4. The molecule has 1 aliphatic carbocycles. The summed E-state index contributed by atoms with van der Waals surface area (Å²) in [6.45, 7) is 1.69. The van der Waals surface area contributed by atoms with Gasteiger partial charge in [-0.25, -0.2) is 9.97 Å². The Morgan fingerprint density at radius 3 is 2.59 bits per heavy atom. The maximum Gasteiger partial charge on any atom is 0.417 e. The molecule has 1 aliphatic heterocycles. The maximum atomic E-state index is 13.9. The average Bonchev–Trinajstić information content (AvgIpc) is 3.41. The van der Waals surface area contributed by atoms with E-state index in [4.69, 9.17) is 9.47 Å². The molecule has 12 heteroatoms. The lowest BCUT2D eigenvalue weighted by molar-refractivity contribution is -0.137. The Kier molecular flexibility index (Phi) is 8.39. The van der Waals surface area contributed by atoms with Gasteiger partial charge in [0.25, 0.3) is 5.91 Å². The van der Waals surface area contributed by atoms with Crippen molar-refractivity contribution in [2.24, 2.45) is 11.8 Å². The second-order valence-electron chi connectivity index (χ2n) is 10.1. The fourth-order valence-electron chi connectivity index (χ4n) is 5.10. The van der Waals surface area contributed by atoms with E-state index >= 15 is 0 Å². The molecule has 2 N–H and O–H groups in total. The van der Waals surface area contributed by atoms with Crippen LogP contribution in [0.4, 0.5) is 19.0 Å². The van der Waals surface area contributed by atoms with Gasteiger partial charge in [-0.3, -0.25) is 4.79 Å². The molecule has 0 radical (unpaired) electrons. The number of carbonyl (C=O) groups is 1. The van der Waals surface area contributed by atoms with E-state index in [1.807, 2.05) is 0 Å². The molecule has 1 saturated heterocycles. The van der Waals surface area contributed by atoms with E-state index in [0.29, 0.717) is 37.3 Å². The van der Waals surface area contributed by atoms with Crippen LogP contribution < -0.4 is 10.1 Å². The number of alkyl halides is 3. The molecule has 208 valence electrons. The number of hydrogen-bond acceptors (Lipinski definition) is 7. The van der Waals surface area contributed by atoms with E-state index in [1.54, 1.807) is 0 Å². The molecule has 3 aromatic rings. The molecule has 0 bridgehead atoms. The number of carbonyl (C=O) groups excluding carboxylic acids is 1. The van der Waals surface area contributed by atoms with Gasteiger partial charge in [-0.2, -0.15) is 13.2 Å². The number of nitrogens with zero attached hydrogens (tertiary/aromatic N) is 4. The predicted octanol–water partition coefficient (Wildman–Crippen LogP) is 5.46. The summed E-state index contributed by atoms with van der Waals surface area (Å²) in [5.41, 5.74) is -1.03. The summed E-state index contributed by atoms with van der Waals surface area (Å²) in [4.78, 5) is 23.8. The van der Waals surface area contributed by atoms with Crippen LogP contribution in [0.3, 0.4) is 0 Å². The summed E-state index contributed by atoms with van der Waals surface area (Å²) >= 11 is 0. The molecule has 3 heterocycles. The van der Waals surface area contributed by atoms with Gasteiger partial charge in [0.1, 0.15) is 23.7 Å². The van der Waals surface area contributed by atoms with Gasteiger partial charge in [0, 0.05) is 31.3 Å². The first kappa shape index (κ1) is 27.0. The molecule has 1 amide bonds. The minimum absolute atomic E-state index is 0.000279. The van der Waals surface area contributed by atoms with Crippen LogP contribution in [0.15, 0.2) is 30.6 Å². The molecular weight excluding hydrogens is 513 g/mol. The van der Waals surface area contributed by atoms with Crippen LogP contribution in [0.1, 0.15) is 67.0 Å². The lowest BCUT2D eigenvalue weighted by Crippen LogP contribution is -2.21. The molecule has 2 aliphatic rings. The second kappa shape index (κ2) is 12.1.